The molecule has 0 aromatic heterocycles. The number of nitrogens with one attached hydrogen (secondary N) is 1. The Labute approximate surface area is 115 Å². The minimum Gasteiger partial charge on any atom is -0.497 e. The lowest BCUT2D eigenvalue weighted by Crippen LogP contribution is -2.25. The number of fused-ring (bicyclic) bond motifs is 1. The fraction of sp³-hybridized carbons (Fsp3) is 0.625. The van der Waals surface area contributed by atoms with Crippen molar-refractivity contribution in [2.75, 3.05) is 33.3 Å². The third-order valence-electron chi connectivity index (χ3n) is 4.65. The van der Waals surface area contributed by atoms with Crippen molar-refractivity contribution in [3.63, 3.8) is 0 Å². The summed E-state index contributed by atoms with van der Waals surface area (Å²) in [7, 11) is 1.74. The maximum Gasteiger partial charge on any atom is 0.119 e. The number of nitrogens with zero attached hydrogens (tertiary/aromatic N) is 1. The minimum atomic E-state index is 0.878. The molecule has 2 fully saturated rings. The van der Waals surface area contributed by atoms with Gasteiger partial charge in [-0.2, -0.15) is 0 Å². The summed E-state index contributed by atoms with van der Waals surface area (Å²) in [5, 5.41) is 3.50. The predicted molar refractivity (Wildman–Crippen MR) is 77.5 cm³/mol. The first-order valence-electron chi connectivity index (χ1n) is 7.39. The highest BCUT2D eigenvalue weighted by molar-refractivity contribution is 5.35. The molecule has 2 aliphatic rings. The third kappa shape index (κ3) is 2.63. The second kappa shape index (κ2) is 5.51. The highest BCUT2D eigenvalue weighted by atomic mass is 16.5. The Bertz CT molecular complexity index is 434. The van der Waals surface area contributed by atoms with E-state index in [9.17, 15) is 0 Å². The summed E-state index contributed by atoms with van der Waals surface area (Å²) in [6.07, 6.45) is 1.08. The third-order valence-corrected chi connectivity index (χ3v) is 4.65. The molecule has 0 saturated carbocycles. The molecule has 1 N–H and O–H groups in total. The maximum absolute atomic E-state index is 5.32. The molecule has 0 aliphatic carbocycles. The summed E-state index contributed by atoms with van der Waals surface area (Å²) in [5.41, 5.74) is 2.89. The highest BCUT2D eigenvalue weighted by Gasteiger charge is 2.35. The summed E-state index contributed by atoms with van der Waals surface area (Å²) in [4.78, 5) is 2.62. The van der Waals surface area contributed by atoms with Crippen molar-refractivity contribution in [2.24, 2.45) is 11.8 Å². The Morgan fingerprint density at radius 3 is 2.58 bits per heavy atom. The molecule has 0 bridgehead atoms. The summed E-state index contributed by atoms with van der Waals surface area (Å²) in [6.45, 7) is 8.26. The van der Waals surface area contributed by atoms with Crippen LogP contribution in [-0.4, -0.2) is 38.2 Å². The van der Waals surface area contributed by atoms with Crippen LogP contribution < -0.4 is 10.1 Å². The lowest BCUT2D eigenvalue weighted by atomic mass is 10.0. The van der Waals surface area contributed by atoms with Crippen molar-refractivity contribution in [3.05, 3.63) is 29.3 Å². The molecular formula is C16H24N2O. The molecule has 0 radical (unpaired) electrons. The van der Waals surface area contributed by atoms with Gasteiger partial charge in [0, 0.05) is 19.6 Å². The van der Waals surface area contributed by atoms with E-state index in [4.69, 9.17) is 4.74 Å². The molecule has 1 aromatic carbocycles. The van der Waals surface area contributed by atoms with Crippen molar-refractivity contribution in [3.8, 4) is 5.75 Å². The number of rotatable bonds is 4. The standard InChI is InChI=1S/C16H24N2O/c1-3-12-6-16(19-2)5-4-13(12)9-18-10-14-7-17-8-15(14)11-18/h4-6,14-15,17H,3,7-11H2,1-2H3/t14-,15+. The molecule has 0 unspecified atom stereocenters. The molecular weight excluding hydrogens is 236 g/mol. The number of hydrogen-bond donors (Lipinski definition) is 1. The van der Waals surface area contributed by atoms with Crippen molar-refractivity contribution in [2.45, 2.75) is 19.9 Å². The van der Waals surface area contributed by atoms with Gasteiger partial charge in [0.15, 0.2) is 0 Å². The van der Waals surface area contributed by atoms with E-state index in [1.165, 1.54) is 37.3 Å². The average molecular weight is 260 g/mol. The Balaban J connectivity index is 1.69. The summed E-state index contributed by atoms with van der Waals surface area (Å²) < 4.78 is 5.32. The van der Waals surface area contributed by atoms with Gasteiger partial charge in [-0.25, -0.2) is 0 Å². The van der Waals surface area contributed by atoms with Gasteiger partial charge in [0.25, 0.3) is 0 Å². The fourth-order valence-electron chi connectivity index (χ4n) is 3.54. The summed E-state index contributed by atoms with van der Waals surface area (Å²) in [6, 6.07) is 6.52. The normalized spacial score (nSPS) is 26.6. The predicted octanol–water partition coefficient (Wildman–Crippen LogP) is 1.91. The maximum atomic E-state index is 5.32. The zero-order valence-electron chi connectivity index (χ0n) is 12.0. The van der Waals surface area contributed by atoms with Gasteiger partial charge < -0.3 is 10.1 Å². The quantitative estimate of drug-likeness (QED) is 0.895. The second-order valence-corrected chi connectivity index (χ2v) is 5.86. The van der Waals surface area contributed by atoms with Crippen LogP contribution in [0.1, 0.15) is 18.1 Å². The van der Waals surface area contributed by atoms with Crippen LogP contribution in [0.25, 0.3) is 0 Å². The van der Waals surface area contributed by atoms with E-state index < -0.39 is 0 Å². The number of ether oxygens (including phenoxy) is 1. The van der Waals surface area contributed by atoms with Crippen LogP contribution in [0.2, 0.25) is 0 Å². The second-order valence-electron chi connectivity index (χ2n) is 5.86. The monoisotopic (exact) mass is 260 g/mol. The average Bonchev–Trinajstić information content (AvgIpc) is 3.00. The molecule has 2 aliphatic heterocycles. The van der Waals surface area contributed by atoms with E-state index in [1.54, 1.807) is 7.11 Å². The van der Waals surface area contributed by atoms with Crippen molar-refractivity contribution < 1.29 is 4.74 Å². The van der Waals surface area contributed by atoms with Crippen LogP contribution in [0, 0.1) is 11.8 Å². The van der Waals surface area contributed by atoms with E-state index in [2.05, 4.69) is 35.3 Å². The van der Waals surface area contributed by atoms with Gasteiger partial charge in [-0.05, 0) is 54.6 Å². The van der Waals surface area contributed by atoms with Gasteiger partial charge in [0.05, 0.1) is 7.11 Å². The fourth-order valence-corrected chi connectivity index (χ4v) is 3.54. The highest BCUT2D eigenvalue weighted by Crippen LogP contribution is 2.28. The van der Waals surface area contributed by atoms with Crippen LogP contribution in [0.5, 0.6) is 5.75 Å². The first kappa shape index (κ1) is 12.9. The molecule has 3 rings (SSSR count). The number of aryl methyl sites for hydroxylation is 1. The van der Waals surface area contributed by atoms with Crippen LogP contribution in [0.3, 0.4) is 0 Å². The number of benzene rings is 1. The molecule has 3 heteroatoms. The molecule has 104 valence electrons. The lowest BCUT2D eigenvalue weighted by molar-refractivity contribution is 0.304. The molecule has 2 atom stereocenters. The Hall–Kier alpha value is -1.06. The van der Waals surface area contributed by atoms with Gasteiger partial charge in [0.2, 0.25) is 0 Å². The van der Waals surface area contributed by atoms with E-state index >= 15 is 0 Å². The van der Waals surface area contributed by atoms with Crippen LogP contribution >= 0.6 is 0 Å². The zero-order chi connectivity index (χ0) is 13.2. The van der Waals surface area contributed by atoms with E-state index in [0.29, 0.717) is 0 Å². The number of methoxy groups -OCH3 is 1. The number of hydrogen-bond acceptors (Lipinski definition) is 3. The first-order valence-corrected chi connectivity index (χ1v) is 7.39. The zero-order valence-corrected chi connectivity index (χ0v) is 12.0. The molecule has 0 spiro atoms. The topological polar surface area (TPSA) is 24.5 Å². The lowest BCUT2D eigenvalue weighted by Gasteiger charge is -2.19. The van der Waals surface area contributed by atoms with E-state index in [1.807, 2.05) is 0 Å². The van der Waals surface area contributed by atoms with Gasteiger partial charge in [-0.15, -0.1) is 0 Å². The summed E-state index contributed by atoms with van der Waals surface area (Å²) >= 11 is 0. The largest absolute Gasteiger partial charge is 0.497 e. The van der Waals surface area contributed by atoms with Crippen molar-refractivity contribution in [1.29, 1.82) is 0 Å². The van der Waals surface area contributed by atoms with Crippen LogP contribution in [0.4, 0.5) is 0 Å². The van der Waals surface area contributed by atoms with Gasteiger partial charge in [-0.3, -0.25) is 4.90 Å². The molecule has 1 aromatic rings. The number of likely N-dealkylation sites (tertiary alicyclic amines) is 1. The Kier molecular flexibility index (Phi) is 3.76. The Morgan fingerprint density at radius 1 is 1.21 bits per heavy atom. The molecule has 0 amide bonds. The van der Waals surface area contributed by atoms with E-state index in [-0.39, 0.29) is 0 Å². The van der Waals surface area contributed by atoms with Crippen molar-refractivity contribution in [1.82, 2.24) is 10.2 Å². The Morgan fingerprint density at radius 2 is 1.95 bits per heavy atom. The SMILES string of the molecule is CCc1cc(OC)ccc1CN1C[C@H]2CNC[C@H]2C1. The first-order chi connectivity index (χ1) is 9.30. The summed E-state index contributed by atoms with van der Waals surface area (Å²) in [5.74, 6) is 2.73. The smallest absolute Gasteiger partial charge is 0.119 e. The van der Waals surface area contributed by atoms with E-state index in [0.717, 1.165) is 30.6 Å². The molecule has 3 nitrogen and oxygen atoms in total. The van der Waals surface area contributed by atoms with Crippen molar-refractivity contribution >= 4 is 0 Å². The van der Waals surface area contributed by atoms with Gasteiger partial charge >= 0.3 is 0 Å². The van der Waals surface area contributed by atoms with Gasteiger partial charge in [0.1, 0.15) is 5.75 Å². The van der Waals surface area contributed by atoms with Crippen LogP contribution in [-0.2, 0) is 13.0 Å². The molecule has 2 saturated heterocycles. The minimum absolute atomic E-state index is 0.878. The van der Waals surface area contributed by atoms with Gasteiger partial charge in [-0.1, -0.05) is 13.0 Å². The molecule has 2 heterocycles. The molecule has 19 heavy (non-hydrogen) atoms. The van der Waals surface area contributed by atoms with Crippen LogP contribution in [0.15, 0.2) is 18.2 Å².